The Balaban J connectivity index is 1.77. The summed E-state index contributed by atoms with van der Waals surface area (Å²) in [5.41, 5.74) is -0.413. The van der Waals surface area contributed by atoms with E-state index in [1.807, 2.05) is 25.7 Å². The van der Waals surface area contributed by atoms with Crippen LogP contribution in [-0.2, 0) is 9.59 Å². The molecule has 168 valence electrons. The van der Waals surface area contributed by atoms with E-state index in [9.17, 15) is 14.7 Å². The van der Waals surface area contributed by atoms with Gasteiger partial charge < -0.3 is 29.5 Å². The predicted octanol–water partition coefficient (Wildman–Crippen LogP) is 1.84. The first-order chi connectivity index (χ1) is 14.2. The van der Waals surface area contributed by atoms with Crippen molar-refractivity contribution in [1.29, 1.82) is 0 Å². The molecule has 8 heteroatoms. The Morgan fingerprint density at radius 2 is 1.73 bits per heavy atom. The number of aliphatic hydroxyl groups is 1. The number of ether oxygens (including phenoxy) is 3. The van der Waals surface area contributed by atoms with Crippen molar-refractivity contribution in [2.45, 2.75) is 39.7 Å². The fourth-order valence-electron chi connectivity index (χ4n) is 3.38. The lowest BCUT2D eigenvalue weighted by Gasteiger charge is -2.35. The Hall–Kier alpha value is -2.48. The summed E-state index contributed by atoms with van der Waals surface area (Å²) >= 11 is 0. The second-order valence-electron chi connectivity index (χ2n) is 8.52. The van der Waals surface area contributed by atoms with E-state index in [2.05, 4.69) is 5.32 Å². The molecule has 1 unspecified atom stereocenters. The van der Waals surface area contributed by atoms with Crippen molar-refractivity contribution in [2.75, 3.05) is 40.5 Å². The molecule has 0 aromatic heterocycles. The molecule has 1 aliphatic heterocycles. The summed E-state index contributed by atoms with van der Waals surface area (Å²) in [5, 5.41) is 13.0. The van der Waals surface area contributed by atoms with E-state index < -0.39 is 11.5 Å². The van der Waals surface area contributed by atoms with E-state index in [0.29, 0.717) is 43.2 Å². The van der Waals surface area contributed by atoms with Crippen LogP contribution in [0.1, 0.15) is 33.6 Å². The van der Waals surface area contributed by atoms with Gasteiger partial charge in [-0.15, -0.1) is 0 Å². The number of nitrogens with one attached hydrogen (secondary N) is 1. The third-order valence-corrected chi connectivity index (χ3v) is 5.11. The minimum atomic E-state index is -0.883. The van der Waals surface area contributed by atoms with Gasteiger partial charge in [-0.25, -0.2) is 0 Å². The number of amides is 2. The van der Waals surface area contributed by atoms with Gasteiger partial charge in [-0.05, 0) is 25.0 Å². The smallest absolute Gasteiger partial charge is 0.227 e. The van der Waals surface area contributed by atoms with Crippen LogP contribution < -0.4 is 19.5 Å². The molecule has 0 saturated carbocycles. The topological polar surface area (TPSA) is 97.3 Å². The largest absolute Gasteiger partial charge is 0.493 e. The lowest BCUT2D eigenvalue weighted by Crippen LogP contribution is -2.47. The molecule has 1 saturated heterocycles. The zero-order valence-corrected chi connectivity index (χ0v) is 18.6. The maximum Gasteiger partial charge on any atom is 0.227 e. The zero-order chi connectivity index (χ0) is 22.3. The number of likely N-dealkylation sites (tertiary alicyclic amines) is 1. The predicted molar refractivity (Wildman–Crippen MR) is 113 cm³/mol. The highest BCUT2D eigenvalue weighted by Crippen LogP contribution is 2.36. The van der Waals surface area contributed by atoms with Gasteiger partial charge in [0.25, 0.3) is 0 Å². The van der Waals surface area contributed by atoms with Gasteiger partial charge in [0.2, 0.25) is 17.6 Å². The van der Waals surface area contributed by atoms with Crippen LogP contribution in [0.25, 0.3) is 0 Å². The average molecular weight is 423 g/mol. The van der Waals surface area contributed by atoms with Crippen molar-refractivity contribution in [3.63, 3.8) is 0 Å². The second-order valence-corrected chi connectivity index (χ2v) is 8.52. The lowest BCUT2D eigenvalue weighted by atomic mass is 9.90. The van der Waals surface area contributed by atoms with Crippen molar-refractivity contribution in [1.82, 2.24) is 10.2 Å². The Morgan fingerprint density at radius 1 is 1.17 bits per heavy atom. The quantitative estimate of drug-likeness (QED) is 0.664. The summed E-state index contributed by atoms with van der Waals surface area (Å²) in [6, 6.07) is 5.26. The van der Waals surface area contributed by atoms with E-state index in [4.69, 9.17) is 14.2 Å². The highest BCUT2D eigenvalue weighted by Gasteiger charge is 2.32. The van der Waals surface area contributed by atoms with Crippen LogP contribution >= 0.6 is 0 Å². The standard InChI is InChI=1S/C22H34N2O6/c1-22(2,3)21(27)24-11-9-15(10-12-24)20(26)23-13-16(25)14-30-19-17(28-4)7-6-8-18(19)29-5/h6-8,15-16,25H,9-14H2,1-5H3,(H,23,26). The van der Waals surface area contributed by atoms with Crippen molar-refractivity contribution < 1.29 is 28.9 Å². The first kappa shape index (κ1) is 23.8. The van der Waals surface area contributed by atoms with Crippen LogP contribution in [0.2, 0.25) is 0 Å². The summed E-state index contributed by atoms with van der Waals surface area (Å²) < 4.78 is 16.2. The monoisotopic (exact) mass is 422 g/mol. The molecule has 2 N–H and O–H groups in total. The van der Waals surface area contributed by atoms with Crippen LogP contribution in [0.5, 0.6) is 17.2 Å². The van der Waals surface area contributed by atoms with E-state index in [1.54, 1.807) is 18.2 Å². The number of nitrogens with zero attached hydrogens (tertiary/aromatic N) is 1. The summed E-state index contributed by atoms with van der Waals surface area (Å²) in [5.74, 6) is 1.26. The third-order valence-electron chi connectivity index (χ3n) is 5.11. The minimum Gasteiger partial charge on any atom is -0.493 e. The molecule has 0 bridgehead atoms. The molecule has 8 nitrogen and oxygen atoms in total. The molecule has 0 radical (unpaired) electrons. The summed E-state index contributed by atoms with van der Waals surface area (Å²) in [4.78, 5) is 26.6. The van der Waals surface area contributed by atoms with Crippen LogP contribution in [0, 0.1) is 11.3 Å². The molecule has 1 aromatic rings. The summed E-state index contributed by atoms with van der Waals surface area (Å²) in [7, 11) is 3.05. The van der Waals surface area contributed by atoms with Gasteiger partial charge in [0.1, 0.15) is 12.7 Å². The first-order valence-electron chi connectivity index (χ1n) is 10.3. The van der Waals surface area contributed by atoms with E-state index >= 15 is 0 Å². The SMILES string of the molecule is COc1cccc(OC)c1OCC(O)CNC(=O)C1CCN(C(=O)C(C)(C)C)CC1. The number of piperidine rings is 1. The molecule has 1 atom stereocenters. The molecule has 1 aliphatic rings. The fraction of sp³-hybridized carbons (Fsp3) is 0.636. The zero-order valence-electron chi connectivity index (χ0n) is 18.6. The van der Waals surface area contributed by atoms with Gasteiger partial charge in [0, 0.05) is 31.0 Å². The van der Waals surface area contributed by atoms with Crippen molar-refractivity contribution in [3.05, 3.63) is 18.2 Å². The summed E-state index contributed by atoms with van der Waals surface area (Å²) in [6.07, 6.45) is 0.364. The highest BCUT2D eigenvalue weighted by molar-refractivity contribution is 5.82. The number of hydrogen-bond donors (Lipinski definition) is 2. The first-order valence-corrected chi connectivity index (χ1v) is 10.3. The third kappa shape index (κ3) is 6.26. The van der Waals surface area contributed by atoms with Gasteiger partial charge in [0.05, 0.1) is 14.2 Å². The van der Waals surface area contributed by atoms with Crippen LogP contribution in [0.3, 0.4) is 0 Å². The van der Waals surface area contributed by atoms with Gasteiger partial charge in [-0.1, -0.05) is 26.8 Å². The number of methoxy groups -OCH3 is 2. The minimum absolute atomic E-state index is 0.0183. The fourth-order valence-corrected chi connectivity index (χ4v) is 3.38. The number of hydrogen-bond acceptors (Lipinski definition) is 6. The van der Waals surface area contributed by atoms with Gasteiger partial charge in [-0.3, -0.25) is 9.59 Å². The van der Waals surface area contributed by atoms with Crippen LogP contribution in [0.4, 0.5) is 0 Å². The molecule has 0 spiro atoms. The van der Waals surface area contributed by atoms with Gasteiger partial charge >= 0.3 is 0 Å². The summed E-state index contributed by atoms with van der Waals surface area (Å²) in [6.45, 7) is 6.92. The molecular weight excluding hydrogens is 388 g/mol. The molecule has 1 heterocycles. The molecule has 0 aliphatic carbocycles. The number of para-hydroxylation sites is 1. The van der Waals surface area contributed by atoms with Crippen LogP contribution in [0.15, 0.2) is 18.2 Å². The number of benzene rings is 1. The van der Waals surface area contributed by atoms with Crippen molar-refractivity contribution >= 4 is 11.8 Å². The van der Waals surface area contributed by atoms with E-state index in [0.717, 1.165) is 0 Å². The Labute approximate surface area is 178 Å². The Morgan fingerprint density at radius 3 is 2.23 bits per heavy atom. The highest BCUT2D eigenvalue weighted by atomic mass is 16.5. The number of aliphatic hydroxyl groups excluding tert-OH is 1. The van der Waals surface area contributed by atoms with Crippen molar-refractivity contribution in [3.8, 4) is 17.2 Å². The van der Waals surface area contributed by atoms with Gasteiger partial charge in [-0.2, -0.15) is 0 Å². The maximum absolute atomic E-state index is 12.4. The number of rotatable bonds is 8. The molecule has 2 rings (SSSR count). The second kappa shape index (κ2) is 10.5. The van der Waals surface area contributed by atoms with Gasteiger partial charge in [0.15, 0.2) is 11.5 Å². The van der Waals surface area contributed by atoms with E-state index in [-0.39, 0.29) is 30.9 Å². The number of carbonyl (C=O) groups excluding carboxylic acids is 2. The molecule has 30 heavy (non-hydrogen) atoms. The number of carbonyl (C=O) groups is 2. The van der Waals surface area contributed by atoms with Crippen LogP contribution in [-0.4, -0.2) is 68.4 Å². The molecular formula is C22H34N2O6. The van der Waals surface area contributed by atoms with Crippen molar-refractivity contribution in [2.24, 2.45) is 11.3 Å². The normalized spacial score (nSPS) is 16.0. The molecule has 1 fully saturated rings. The Kier molecular flexibility index (Phi) is 8.34. The molecule has 2 amide bonds. The molecule has 1 aromatic carbocycles. The average Bonchev–Trinajstić information content (AvgIpc) is 2.74. The maximum atomic E-state index is 12.4. The Bertz CT molecular complexity index is 701. The van der Waals surface area contributed by atoms with E-state index in [1.165, 1.54) is 14.2 Å². The lowest BCUT2D eigenvalue weighted by molar-refractivity contribution is -0.142.